The van der Waals surface area contributed by atoms with Crippen molar-refractivity contribution in [1.82, 2.24) is 5.32 Å². The van der Waals surface area contributed by atoms with E-state index < -0.39 is 0 Å². The van der Waals surface area contributed by atoms with Gasteiger partial charge in [0.25, 0.3) is 0 Å². The summed E-state index contributed by atoms with van der Waals surface area (Å²) in [6.07, 6.45) is 4.91. The summed E-state index contributed by atoms with van der Waals surface area (Å²) in [6.45, 7) is 0. The summed E-state index contributed by atoms with van der Waals surface area (Å²) in [4.78, 5) is 0. The van der Waals surface area contributed by atoms with Gasteiger partial charge in [-0.25, -0.2) is 0 Å². The van der Waals surface area contributed by atoms with Crippen LogP contribution in [0.15, 0.2) is 53.0 Å². The van der Waals surface area contributed by atoms with Crippen LogP contribution in [0.5, 0.6) is 0 Å². The third kappa shape index (κ3) is 3.38. The van der Waals surface area contributed by atoms with Gasteiger partial charge in [0, 0.05) is 10.5 Å². The molecule has 2 aromatic carbocycles. The van der Waals surface area contributed by atoms with Gasteiger partial charge in [0.1, 0.15) is 0 Å². The van der Waals surface area contributed by atoms with Gasteiger partial charge in [0.2, 0.25) is 0 Å². The van der Waals surface area contributed by atoms with Gasteiger partial charge < -0.3 is 5.32 Å². The van der Waals surface area contributed by atoms with Gasteiger partial charge in [0.15, 0.2) is 0 Å². The summed E-state index contributed by atoms with van der Waals surface area (Å²) in [6, 6.07) is 18.2. The van der Waals surface area contributed by atoms with Crippen LogP contribution in [0, 0.1) is 0 Å². The van der Waals surface area contributed by atoms with Crippen LogP contribution in [0.4, 0.5) is 0 Å². The highest BCUT2D eigenvalue weighted by atomic mass is 79.9. The second kappa shape index (κ2) is 6.76. The highest BCUT2D eigenvalue weighted by molar-refractivity contribution is 9.10. The van der Waals surface area contributed by atoms with Crippen molar-refractivity contribution in [2.45, 2.75) is 37.6 Å². The lowest BCUT2D eigenvalue weighted by molar-refractivity contribution is 0.411. The molecule has 0 aliphatic heterocycles. The van der Waals surface area contributed by atoms with Crippen molar-refractivity contribution in [2.24, 2.45) is 0 Å². The molecule has 0 aromatic heterocycles. The van der Waals surface area contributed by atoms with Gasteiger partial charge in [-0.2, -0.15) is 0 Å². The summed E-state index contributed by atoms with van der Waals surface area (Å²) in [5.74, 6) is 0.624. The van der Waals surface area contributed by atoms with E-state index in [-0.39, 0.29) is 0 Å². The third-order valence-corrected chi connectivity index (χ3v) is 5.11. The molecule has 21 heavy (non-hydrogen) atoms. The predicted octanol–water partition coefficient (Wildman–Crippen LogP) is 4.70. The molecule has 0 amide bonds. The number of halogens is 1. The summed E-state index contributed by atoms with van der Waals surface area (Å²) < 4.78 is 1.17. The smallest absolute Gasteiger partial charge is 0.0178 e. The third-order valence-electron chi connectivity index (χ3n) is 4.62. The molecule has 2 heteroatoms. The second-order valence-electron chi connectivity index (χ2n) is 5.93. The van der Waals surface area contributed by atoms with E-state index in [2.05, 4.69) is 76.8 Å². The average molecular weight is 344 g/mol. The van der Waals surface area contributed by atoms with E-state index in [1.165, 1.54) is 29.3 Å². The molecule has 1 nitrogen and oxygen atoms in total. The minimum absolute atomic E-state index is 0.501. The lowest BCUT2D eigenvalue weighted by atomic mass is 9.77. The van der Waals surface area contributed by atoms with Crippen molar-refractivity contribution in [3.63, 3.8) is 0 Å². The highest BCUT2D eigenvalue weighted by Crippen LogP contribution is 2.35. The van der Waals surface area contributed by atoms with Gasteiger partial charge in [-0.05, 0) is 67.5 Å². The first-order valence-corrected chi connectivity index (χ1v) is 8.56. The fourth-order valence-corrected chi connectivity index (χ4v) is 4.02. The van der Waals surface area contributed by atoms with Crippen molar-refractivity contribution >= 4 is 15.9 Å². The molecule has 1 N–H and O–H groups in total. The Hall–Kier alpha value is -1.12. The van der Waals surface area contributed by atoms with Gasteiger partial charge in [0.05, 0.1) is 0 Å². The molecule has 2 atom stereocenters. The second-order valence-corrected chi connectivity index (χ2v) is 6.84. The zero-order valence-electron chi connectivity index (χ0n) is 12.5. The zero-order valence-corrected chi connectivity index (χ0v) is 14.1. The summed E-state index contributed by atoms with van der Waals surface area (Å²) in [5.41, 5.74) is 4.49. The van der Waals surface area contributed by atoms with Crippen molar-refractivity contribution in [1.29, 1.82) is 0 Å². The number of likely N-dealkylation sites (N-methyl/N-ethyl adjacent to an activating group) is 1. The summed E-state index contributed by atoms with van der Waals surface area (Å²) in [7, 11) is 2.10. The molecule has 2 aromatic rings. The predicted molar refractivity (Wildman–Crippen MR) is 92.8 cm³/mol. The maximum Gasteiger partial charge on any atom is 0.0178 e. The first-order chi connectivity index (χ1) is 10.3. The minimum Gasteiger partial charge on any atom is -0.316 e. The van der Waals surface area contributed by atoms with E-state index in [0.717, 1.165) is 6.42 Å². The first-order valence-electron chi connectivity index (χ1n) is 7.77. The number of nitrogens with one attached hydrogen (secondary N) is 1. The van der Waals surface area contributed by atoms with Crippen LogP contribution >= 0.6 is 15.9 Å². The van der Waals surface area contributed by atoms with Crippen molar-refractivity contribution in [3.8, 4) is 0 Å². The molecule has 2 unspecified atom stereocenters. The maximum atomic E-state index is 3.58. The normalized spacial score (nSPS) is 19.0. The van der Waals surface area contributed by atoms with Crippen LogP contribution < -0.4 is 5.32 Å². The summed E-state index contributed by atoms with van der Waals surface area (Å²) >= 11 is 3.58. The Bertz CT molecular complexity index is 608. The number of aryl methyl sites for hydroxylation is 1. The number of hydrogen-bond donors (Lipinski definition) is 1. The minimum atomic E-state index is 0.501. The highest BCUT2D eigenvalue weighted by Gasteiger charge is 2.26. The number of hydrogen-bond acceptors (Lipinski definition) is 1. The Morgan fingerprint density at radius 2 is 2.05 bits per heavy atom. The Morgan fingerprint density at radius 3 is 2.86 bits per heavy atom. The lowest BCUT2D eigenvalue weighted by Crippen LogP contribution is -2.36. The monoisotopic (exact) mass is 343 g/mol. The molecule has 1 aliphatic carbocycles. The van der Waals surface area contributed by atoms with Crippen LogP contribution in [0.25, 0.3) is 0 Å². The Kier molecular flexibility index (Phi) is 4.77. The van der Waals surface area contributed by atoms with Crippen molar-refractivity contribution in [2.75, 3.05) is 7.05 Å². The van der Waals surface area contributed by atoms with E-state index in [0.29, 0.717) is 12.0 Å². The Balaban J connectivity index is 1.84. The maximum absolute atomic E-state index is 3.58. The largest absolute Gasteiger partial charge is 0.316 e. The van der Waals surface area contributed by atoms with E-state index in [9.17, 15) is 0 Å². The van der Waals surface area contributed by atoms with Crippen LogP contribution in [-0.2, 0) is 12.8 Å². The van der Waals surface area contributed by atoms with Crippen molar-refractivity contribution in [3.05, 3.63) is 69.7 Å². The van der Waals surface area contributed by atoms with Crippen LogP contribution in [-0.4, -0.2) is 13.1 Å². The molecule has 0 fully saturated rings. The van der Waals surface area contributed by atoms with Crippen LogP contribution in [0.2, 0.25) is 0 Å². The number of benzene rings is 2. The fraction of sp³-hybridized carbons (Fsp3) is 0.368. The van der Waals surface area contributed by atoms with Gasteiger partial charge in [-0.15, -0.1) is 0 Å². The van der Waals surface area contributed by atoms with Gasteiger partial charge in [-0.3, -0.25) is 0 Å². The van der Waals surface area contributed by atoms with Crippen LogP contribution in [0.1, 0.15) is 35.4 Å². The molecule has 0 heterocycles. The molecule has 1 aliphatic rings. The fourth-order valence-electron chi connectivity index (χ4n) is 3.57. The number of rotatable bonds is 4. The quantitative estimate of drug-likeness (QED) is 0.848. The molecular weight excluding hydrogens is 322 g/mol. The number of fused-ring (bicyclic) bond motifs is 1. The molecule has 0 radical (unpaired) electrons. The van der Waals surface area contributed by atoms with Crippen LogP contribution in [0.3, 0.4) is 0 Å². The molecule has 0 bridgehead atoms. The molecule has 0 saturated carbocycles. The molecule has 3 rings (SSSR count). The lowest BCUT2D eigenvalue weighted by Gasteiger charge is -2.32. The molecular formula is C19H22BrN. The van der Waals surface area contributed by atoms with E-state index in [1.807, 2.05) is 0 Å². The van der Waals surface area contributed by atoms with Crippen molar-refractivity contribution < 1.29 is 0 Å². The van der Waals surface area contributed by atoms with E-state index in [1.54, 1.807) is 11.1 Å². The standard InChI is InChI=1S/C19H22BrN/c1-21-19(13-14-6-4-9-16(20)12-14)18-11-5-8-15-7-2-3-10-17(15)18/h2-4,6-7,9-10,12,18-19,21H,5,8,11,13H2,1H3. The Labute approximate surface area is 135 Å². The zero-order chi connectivity index (χ0) is 14.7. The topological polar surface area (TPSA) is 12.0 Å². The Morgan fingerprint density at radius 1 is 1.19 bits per heavy atom. The average Bonchev–Trinajstić information content (AvgIpc) is 2.52. The first kappa shape index (κ1) is 14.8. The molecule has 0 spiro atoms. The molecule has 110 valence electrons. The van der Waals surface area contributed by atoms with Gasteiger partial charge >= 0.3 is 0 Å². The summed E-state index contributed by atoms with van der Waals surface area (Å²) in [5, 5.41) is 3.57. The van der Waals surface area contributed by atoms with E-state index in [4.69, 9.17) is 0 Å². The molecule has 0 saturated heterocycles. The SMILES string of the molecule is CNC(Cc1cccc(Br)c1)C1CCCc2ccccc21. The van der Waals surface area contributed by atoms with E-state index >= 15 is 0 Å². The van der Waals surface area contributed by atoms with Gasteiger partial charge in [-0.1, -0.05) is 52.3 Å².